The zero-order valence-corrected chi connectivity index (χ0v) is 16.8. The molecule has 0 radical (unpaired) electrons. The maximum atomic E-state index is 13.5. The molecule has 1 aromatic carbocycles. The number of hydrogen-bond acceptors (Lipinski definition) is 4. The van der Waals surface area contributed by atoms with Crippen molar-refractivity contribution >= 4 is 38.3 Å². The number of fused-ring (bicyclic) bond motifs is 1. The minimum atomic E-state index is -0.278. The second-order valence-corrected chi connectivity index (χ2v) is 8.65. The van der Waals surface area contributed by atoms with Gasteiger partial charge < -0.3 is 0 Å². The molecule has 4 aromatic heterocycles. The lowest BCUT2D eigenvalue weighted by atomic mass is 9.93. The van der Waals surface area contributed by atoms with Crippen LogP contribution in [-0.4, -0.2) is 20.2 Å². The van der Waals surface area contributed by atoms with E-state index in [1.807, 2.05) is 18.2 Å². The molecular formula is C21H12BrFN4S. The SMILES string of the molecule is Fc1ccc(-c2nc3[nH]ncc3c(-c3ccc(Br)s3)c2-c2ccncc2)cc1. The van der Waals surface area contributed by atoms with Crippen molar-refractivity contribution in [1.82, 2.24) is 20.2 Å². The molecule has 7 heteroatoms. The van der Waals surface area contributed by atoms with Gasteiger partial charge in [0.25, 0.3) is 0 Å². The minimum Gasteiger partial charge on any atom is -0.265 e. The topological polar surface area (TPSA) is 54.5 Å². The predicted molar refractivity (Wildman–Crippen MR) is 114 cm³/mol. The number of pyridine rings is 2. The van der Waals surface area contributed by atoms with Gasteiger partial charge in [0.2, 0.25) is 0 Å². The van der Waals surface area contributed by atoms with Crippen LogP contribution in [0.5, 0.6) is 0 Å². The van der Waals surface area contributed by atoms with Gasteiger partial charge >= 0.3 is 0 Å². The van der Waals surface area contributed by atoms with Gasteiger partial charge in [0.1, 0.15) is 5.82 Å². The Morgan fingerprint density at radius 3 is 2.39 bits per heavy atom. The van der Waals surface area contributed by atoms with Crippen LogP contribution >= 0.6 is 27.3 Å². The summed E-state index contributed by atoms with van der Waals surface area (Å²) in [7, 11) is 0. The molecule has 0 fully saturated rings. The largest absolute Gasteiger partial charge is 0.265 e. The zero-order valence-electron chi connectivity index (χ0n) is 14.4. The summed E-state index contributed by atoms with van der Waals surface area (Å²) in [4.78, 5) is 10.1. The average Bonchev–Trinajstić information content (AvgIpc) is 3.36. The van der Waals surface area contributed by atoms with Crippen LogP contribution in [0.1, 0.15) is 0 Å². The third kappa shape index (κ3) is 2.93. The van der Waals surface area contributed by atoms with Crippen molar-refractivity contribution in [3.63, 3.8) is 0 Å². The van der Waals surface area contributed by atoms with E-state index in [9.17, 15) is 4.39 Å². The van der Waals surface area contributed by atoms with Crippen molar-refractivity contribution < 1.29 is 4.39 Å². The van der Waals surface area contributed by atoms with Crippen molar-refractivity contribution in [1.29, 1.82) is 0 Å². The summed E-state index contributed by atoms with van der Waals surface area (Å²) in [5.41, 5.74) is 5.29. The van der Waals surface area contributed by atoms with Crippen LogP contribution in [0.4, 0.5) is 4.39 Å². The summed E-state index contributed by atoms with van der Waals surface area (Å²) in [6.07, 6.45) is 5.32. The zero-order chi connectivity index (χ0) is 19.1. The van der Waals surface area contributed by atoms with Gasteiger partial charge in [-0.05, 0) is 70.0 Å². The van der Waals surface area contributed by atoms with Gasteiger partial charge in [0.15, 0.2) is 5.65 Å². The normalized spacial score (nSPS) is 11.2. The number of rotatable bonds is 3. The molecule has 0 aliphatic rings. The maximum absolute atomic E-state index is 13.5. The molecule has 0 bridgehead atoms. The van der Waals surface area contributed by atoms with Gasteiger partial charge in [-0.25, -0.2) is 9.37 Å². The van der Waals surface area contributed by atoms with Gasteiger partial charge in [-0.1, -0.05) is 0 Å². The van der Waals surface area contributed by atoms with Crippen molar-refractivity contribution in [2.45, 2.75) is 0 Å². The number of nitrogens with one attached hydrogen (secondary N) is 1. The summed E-state index contributed by atoms with van der Waals surface area (Å²) >= 11 is 5.21. The number of aromatic amines is 1. The summed E-state index contributed by atoms with van der Waals surface area (Å²) in [6, 6.07) is 14.4. The molecule has 0 spiro atoms. The molecule has 0 saturated carbocycles. The van der Waals surface area contributed by atoms with Crippen LogP contribution in [0, 0.1) is 5.82 Å². The van der Waals surface area contributed by atoms with E-state index in [0.717, 1.165) is 42.0 Å². The Balaban J connectivity index is 1.93. The molecule has 0 unspecified atom stereocenters. The molecule has 0 atom stereocenters. The van der Waals surface area contributed by atoms with Crippen LogP contribution in [0.25, 0.3) is 43.9 Å². The molecule has 1 N–H and O–H groups in total. The number of benzene rings is 1. The summed E-state index contributed by atoms with van der Waals surface area (Å²) in [5, 5.41) is 8.13. The molecule has 136 valence electrons. The Morgan fingerprint density at radius 2 is 1.68 bits per heavy atom. The first-order valence-electron chi connectivity index (χ1n) is 8.50. The molecule has 28 heavy (non-hydrogen) atoms. The Hall–Kier alpha value is -2.90. The van der Waals surface area contributed by atoms with E-state index in [1.54, 1.807) is 42.1 Å². The molecule has 4 heterocycles. The third-order valence-corrected chi connectivity index (χ3v) is 6.15. The minimum absolute atomic E-state index is 0.278. The molecular weight excluding hydrogens is 439 g/mol. The standard InChI is InChI=1S/C21H12BrFN4S/c22-17-6-5-16(28-17)19-15-11-25-27-21(15)26-20(13-1-3-14(23)4-2-13)18(19)12-7-9-24-10-8-12/h1-11H,(H,25,26,27). The number of H-pyrrole nitrogens is 1. The fourth-order valence-corrected chi connectivity index (χ4v) is 4.74. The quantitative estimate of drug-likeness (QED) is 0.350. The van der Waals surface area contributed by atoms with Gasteiger partial charge in [-0.15, -0.1) is 11.3 Å². The van der Waals surface area contributed by atoms with Gasteiger partial charge in [-0.2, -0.15) is 5.10 Å². The van der Waals surface area contributed by atoms with Crippen molar-refractivity contribution in [2.75, 3.05) is 0 Å². The molecule has 0 amide bonds. The van der Waals surface area contributed by atoms with E-state index in [4.69, 9.17) is 4.98 Å². The smallest absolute Gasteiger partial charge is 0.156 e. The number of nitrogens with zero attached hydrogens (tertiary/aromatic N) is 3. The summed E-state index contributed by atoms with van der Waals surface area (Å²) in [6.45, 7) is 0. The Kier molecular flexibility index (Phi) is 4.26. The van der Waals surface area contributed by atoms with Crippen molar-refractivity contribution in [3.8, 4) is 32.8 Å². The highest BCUT2D eigenvalue weighted by molar-refractivity contribution is 9.11. The van der Waals surface area contributed by atoms with Crippen LogP contribution in [0.2, 0.25) is 0 Å². The van der Waals surface area contributed by atoms with Crippen LogP contribution in [0.3, 0.4) is 0 Å². The fraction of sp³-hybridized carbons (Fsp3) is 0. The highest BCUT2D eigenvalue weighted by Gasteiger charge is 2.21. The van der Waals surface area contributed by atoms with E-state index in [1.165, 1.54) is 12.1 Å². The van der Waals surface area contributed by atoms with E-state index < -0.39 is 0 Å². The van der Waals surface area contributed by atoms with Crippen molar-refractivity contribution in [3.05, 3.63) is 76.7 Å². The highest BCUT2D eigenvalue weighted by atomic mass is 79.9. The van der Waals surface area contributed by atoms with Crippen molar-refractivity contribution in [2.24, 2.45) is 0 Å². The van der Waals surface area contributed by atoms with Gasteiger partial charge in [0, 0.05) is 39.3 Å². The van der Waals surface area contributed by atoms with E-state index in [-0.39, 0.29) is 5.82 Å². The van der Waals surface area contributed by atoms with Crippen LogP contribution in [0.15, 0.2) is 70.9 Å². The third-order valence-electron chi connectivity index (χ3n) is 4.51. The van der Waals surface area contributed by atoms with E-state index >= 15 is 0 Å². The lowest BCUT2D eigenvalue weighted by Crippen LogP contribution is -1.95. The lowest BCUT2D eigenvalue weighted by Gasteiger charge is -2.15. The highest BCUT2D eigenvalue weighted by Crippen LogP contribution is 2.45. The summed E-state index contributed by atoms with van der Waals surface area (Å²) in [5.74, 6) is -0.278. The molecule has 5 aromatic rings. The first-order chi connectivity index (χ1) is 13.7. The first kappa shape index (κ1) is 17.2. The molecule has 0 saturated heterocycles. The number of hydrogen-bond donors (Lipinski definition) is 1. The number of thiophene rings is 1. The molecule has 5 rings (SSSR count). The predicted octanol–water partition coefficient (Wildman–Crippen LogP) is 6.32. The Bertz CT molecular complexity index is 1280. The average molecular weight is 451 g/mol. The second kappa shape index (κ2) is 6.92. The Labute approximate surface area is 172 Å². The number of halogens is 2. The fourth-order valence-electron chi connectivity index (χ4n) is 3.29. The second-order valence-electron chi connectivity index (χ2n) is 6.19. The van der Waals surface area contributed by atoms with Gasteiger partial charge in [0.05, 0.1) is 15.7 Å². The van der Waals surface area contributed by atoms with Gasteiger partial charge in [-0.3, -0.25) is 10.1 Å². The monoisotopic (exact) mass is 450 g/mol. The number of aromatic nitrogens is 4. The molecule has 0 aliphatic heterocycles. The Morgan fingerprint density at radius 1 is 0.893 bits per heavy atom. The first-order valence-corrected chi connectivity index (χ1v) is 10.1. The van der Waals surface area contributed by atoms with Crippen LogP contribution < -0.4 is 0 Å². The summed E-state index contributed by atoms with van der Waals surface area (Å²) < 4.78 is 14.6. The maximum Gasteiger partial charge on any atom is 0.156 e. The molecule has 4 nitrogen and oxygen atoms in total. The van der Waals surface area contributed by atoms with E-state index in [2.05, 4.69) is 37.2 Å². The van der Waals surface area contributed by atoms with Crippen LogP contribution in [-0.2, 0) is 0 Å². The molecule has 0 aliphatic carbocycles. The van der Waals surface area contributed by atoms with E-state index in [0.29, 0.717) is 5.65 Å². The lowest BCUT2D eigenvalue weighted by molar-refractivity contribution is 0.628.